The number of carbonyl (C=O) groups is 2. The molecule has 2 amide bonds. The lowest BCUT2D eigenvalue weighted by Crippen LogP contribution is -2.40. The molecular weight excluding hydrogens is 278 g/mol. The first-order chi connectivity index (χ1) is 10.7. The van der Waals surface area contributed by atoms with Gasteiger partial charge in [0, 0.05) is 24.7 Å². The van der Waals surface area contributed by atoms with E-state index in [0.717, 1.165) is 32.4 Å². The number of likely N-dealkylation sites (N-methyl/N-ethyl adjacent to an activating group) is 1. The van der Waals surface area contributed by atoms with Crippen LogP contribution in [0.15, 0.2) is 18.2 Å². The van der Waals surface area contributed by atoms with E-state index in [1.807, 2.05) is 30.1 Å². The Bertz CT molecular complexity index is 585. The maximum atomic E-state index is 12.2. The van der Waals surface area contributed by atoms with Crippen LogP contribution >= 0.6 is 0 Å². The molecule has 0 radical (unpaired) electrons. The van der Waals surface area contributed by atoms with Gasteiger partial charge in [-0.15, -0.1) is 0 Å². The van der Waals surface area contributed by atoms with Gasteiger partial charge in [0.25, 0.3) is 5.91 Å². The topological polar surface area (TPSA) is 61.4 Å². The molecule has 118 valence electrons. The first-order valence-corrected chi connectivity index (χ1v) is 8.02. The van der Waals surface area contributed by atoms with Gasteiger partial charge in [0.15, 0.2) is 0 Å². The van der Waals surface area contributed by atoms with Crippen molar-refractivity contribution in [3.8, 4) is 0 Å². The lowest BCUT2D eigenvalue weighted by Gasteiger charge is -2.16. The highest BCUT2D eigenvalue weighted by Gasteiger charge is 2.25. The Morgan fingerprint density at radius 2 is 2.09 bits per heavy atom. The molecule has 1 fully saturated rings. The van der Waals surface area contributed by atoms with Crippen molar-refractivity contribution in [3.05, 3.63) is 34.9 Å². The Hall–Kier alpha value is -1.88. The van der Waals surface area contributed by atoms with E-state index >= 15 is 0 Å². The van der Waals surface area contributed by atoms with Crippen LogP contribution in [0.25, 0.3) is 0 Å². The third kappa shape index (κ3) is 3.14. The van der Waals surface area contributed by atoms with Crippen molar-refractivity contribution >= 4 is 11.8 Å². The molecule has 1 aromatic carbocycles. The number of nitrogens with zero attached hydrogens (tertiary/aromatic N) is 1. The van der Waals surface area contributed by atoms with E-state index in [1.54, 1.807) is 0 Å². The van der Waals surface area contributed by atoms with Gasteiger partial charge < -0.3 is 15.5 Å². The van der Waals surface area contributed by atoms with Crippen molar-refractivity contribution in [2.45, 2.75) is 31.7 Å². The number of fused-ring (bicyclic) bond motifs is 1. The van der Waals surface area contributed by atoms with Crippen LogP contribution in [-0.2, 0) is 17.6 Å². The number of nitrogens with one attached hydrogen (secondary N) is 2. The van der Waals surface area contributed by atoms with Gasteiger partial charge in [0.05, 0.1) is 6.54 Å². The minimum Gasteiger partial charge on any atom is -0.343 e. The molecule has 1 aliphatic heterocycles. The first kappa shape index (κ1) is 15.0. The summed E-state index contributed by atoms with van der Waals surface area (Å²) >= 11 is 0. The molecule has 1 aromatic rings. The molecule has 0 spiro atoms. The summed E-state index contributed by atoms with van der Waals surface area (Å²) in [5, 5.41) is 5.93. The summed E-state index contributed by atoms with van der Waals surface area (Å²) in [5.41, 5.74) is 3.28. The molecular formula is C17H23N3O2. The molecule has 1 heterocycles. The monoisotopic (exact) mass is 301 g/mol. The quantitative estimate of drug-likeness (QED) is 0.862. The summed E-state index contributed by atoms with van der Waals surface area (Å²) < 4.78 is 0. The SMILES string of the molecule is CNC1CCN(C(=O)CNC(=O)c2ccc3c(c2)CCC3)C1. The molecule has 1 aliphatic carbocycles. The third-order valence-electron chi connectivity index (χ3n) is 4.71. The molecule has 1 unspecified atom stereocenters. The van der Waals surface area contributed by atoms with Gasteiger partial charge in [-0.2, -0.15) is 0 Å². The molecule has 0 bridgehead atoms. The Morgan fingerprint density at radius 3 is 2.86 bits per heavy atom. The fourth-order valence-corrected chi connectivity index (χ4v) is 3.31. The maximum absolute atomic E-state index is 12.2. The normalized spacial score (nSPS) is 20.0. The second-order valence-corrected chi connectivity index (χ2v) is 6.13. The number of amides is 2. The second kappa shape index (κ2) is 6.48. The molecule has 2 N–H and O–H groups in total. The van der Waals surface area contributed by atoms with Crippen molar-refractivity contribution < 1.29 is 9.59 Å². The van der Waals surface area contributed by atoms with E-state index in [2.05, 4.69) is 10.6 Å². The average Bonchev–Trinajstić information content (AvgIpc) is 3.19. The third-order valence-corrected chi connectivity index (χ3v) is 4.71. The number of hydrogen-bond acceptors (Lipinski definition) is 3. The smallest absolute Gasteiger partial charge is 0.251 e. The van der Waals surface area contributed by atoms with Crippen molar-refractivity contribution in [2.24, 2.45) is 0 Å². The summed E-state index contributed by atoms with van der Waals surface area (Å²) in [4.78, 5) is 26.1. The van der Waals surface area contributed by atoms with Crippen LogP contribution in [0.4, 0.5) is 0 Å². The molecule has 3 rings (SSSR count). The predicted molar refractivity (Wildman–Crippen MR) is 84.8 cm³/mol. The fourth-order valence-electron chi connectivity index (χ4n) is 3.31. The lowest BCUT2D eigenvalue weighted by molar-refractivity contribution is -0.129. The molecule has 5 heteroatoms. The fraction of sp³-hybridized carbons (Fsp3) is 0.529. The van der Waals surface area contributed by atoms with E-state index in [-0.39, 0.29) is 18.4 Å². The van der Waals surface area contributed by atoms with Crippen molar-refractivity contribution in [1.82, 2.24) is 15.5 Å². The van der Waals surface area contributed by atoms with Gasteiger partial charge in [0.2, 0.25) is 5.91 Å². The van der Waals surface area contributed by atoms with E-state index in [1.165, 1.54) is 17.5 Å². The summed E-state index contributed by atoms with van der Waals surface area (Å²) in [7, 11) is 1.91. The van der Waals surface area contributed by atoms with Crippen LogP contribution in [0.2, 0.25) is 0 Å². The van der Waals surface area contributed by atoms with Crippen molar-refractivity contribution in [3.63, 3.8) is 0 Å². The van der Waals surface area contributed by atoms with Gasteiger partial charge in [-0.25, -0.2) is 0 Å². The minimum absolute atomic E-state index is 0.00717. The highest BCUT2D eigenvalue weighted by molar-refractivity contribution is 5.96. The van der Waals surface area contributed by atoms with Gasteiger partial charge in [-0.05, 0) is 56.0 Å². The van der Waals surface area contributed by atoms with Crippen LogP contribution in [0, 0.1) is 0 Å². The van der Waals surface area contributed by atoms with Crippen LogP contribution in [-0.4, -0.2) is 49.4 Å². The van der Waals surface area contributed by atoms with Crippen LogP contribution in [0.3, 0.4) is 0 Å². The molecule has 5 nitrogen and oxygen atoms in total. The van der Waals surface area contributed by atoms with Gasteiger partial charge in [0.1, 0.15) is 0 Å². The zero-order chi connectivity index (χ0) is 15.5. The highest BCUT2D eigenvalue weighted by atomic mass is 16.2. The molecule has 2 aliphatic rings. The highest BCUT2D eigenvalue weighted by Crippen LogP contribution is 2.22. The Morgan fingerprint density at radius 1 is 1.27 bits per heavy atom. The van der Waals surface area contributed by atoms with Crippen molar-refractivity contribution in [2.75, 3.05) is 26.7 Å². The van der Waals surface area contributed by atoms with Gasteiger partial charge in [-0.3, -0.25) is 9.59 Å². The molecule has 0 aromatic heterocycles. The number of likely N-dealkylation sites (tertiary alicyclic amines) is 1. The van der Waals surface area contributed by atoms with E-state index in [4.69, 9.17) is 0 Å². The Kier molecular flexibility index (Phi) is 4.43. The van der Waals surface area contributed by atoms with Gasteiger partial charge >= 0.3 is 0 Å². The number of hydrogen-bond donors (Lipinski definition) is 2. The average molecular weight is 301 g/mol. The zero-order valence-electron chi connectivity index (χ0n) is 13.0. The summed E-state index contributed by atoms with van der Waals surface area (Å²) in [6.45, 7) is 1.56. The minimum atomic E-state index is -0.160. The van der Waals surface area contributed by atoms with Gasteiger partial charge in [-0.1, -0.05) is 6.07 Å². The van der Waals surface area contributed by atoms with Crippen LogP contribution < -0.4 is 10.6 Å². The molecule has 0 saturated carbocycles. The van der Waals surface area contributed by atoms with Crippen molar-refractivity contribution in [1.29, 1.82) is 0 Å². The second-order valence-electron chi connectivity index (χ2n) is 6.13. The van der Waals surface area contributed by atoms with Crippen LogP contribution in [0.1, 0.15) is 34.3 Å². The Labute approximate surface area is 131 Å². The number of benzene rings is 1. The maximum Gasteiger partial charge on any atom is 0.251 e. The molecule has 1 saturated heterocycles. The Balaban J connectivity index is 1.53. The lowest BCUT2D eigenvalue weighted by atomic mass is 10.1. The van der Waals surface area contributed by atoms with Crippen LogP contribution in [0.5, 0.6) is 0 Å². The standard InChI is InChI=1S/C17H23N3O2/c1-18-15-7-8-20(11-15)16(21)10-19-17(22)14-6-5-12-3-2-4-13(12)9-14/h5-6,9,15,18H,2-4,7-8,10-11H2,1H3,(H,19,22). The summed E-state index contributed by atoms with van der Waals surface area (Å²) in [6.07, 6.45) is 4.30. The molecule has 22 heavy (non-hydrogen) atoms. The summed E-state index contributed by atoms with van der Waals surface area (Å²) in [5.74, 6) is -0.167. The van der Waals surface area contributed by atoms with E-state index in [0.29, 0.717) is 11.6 Å². The largest absolute Gasteiger partial charge is 0.343 e. The first-order valence-electron chi connectivity index (χ1n) is 8.02. The predicted octanol–water partition coefficient (Wildman–Crippen LogP) is 0.725. The number of aryl methyl sites for hydroxylation is 2. The molecule has 1 atom stereocenters. The number of rotatable bonds is 4. The van der Waals surface area contributed by atoms with E-state index in [9.17, 15) is 9.59 Å². The number of carbonyl (C=O) groups excluding carboxylic acids is 2. The summed E-state index contributed by atoms with van der Waals surface area (Å²) in [6, 6.07) is 6.24. The van der Waals surface area contributed by atoms with E-state index < -0.39 is 0 Å². The zero-order valence-corrected chi connectivity index (χ0v) is 13.0.